The van der Waals surface area contributed by atoms with Crippen molar-refractivity contribution in [2.75, 3.05) is 0 Å². The minimum absolute atomic E-state index is 0.0506. The number of aromatic nitrogens is 7. The number of hydrogen-bond donors (Lipinski definition) is 1. The first-order valence-electron chi connectivity index (χ1n) is 6.66. The second kappa shape index (κ2) is 5.70. The molecule has 0 aromatic carbocycles. The average Bonchev–Trinajstić information content (AvgIpc) is 3.18. The molecule has 0 amide bonds. The number of nitrogens with zero attached hydrogens (tertiary/aromatic N) is 6. The van der Waals surface area contributed by atoms with E-state index in [1.165, 1.54) is 10.9 Å². The van der Waals surface area contributed by atoms with Gasteiger partial charge in [0.2, 0.25) is 11.6 Å². The molecule has 122 valence electrons. The van der Waals surface area contributed by atoms with E-state index in [0.717, 1.165) is 0 Å². The summed E-state index contributed by atoms with van der Waals surface area (Å²) in [6.07, 6.45) is 6.92. The fourth-order valence-corrected chi connectivity index (χ4v) is 2.72. The van der Waals surface area contributed by atoms with Crippen LogP contribution >= 0.6 is 23.2 Å². The van der Waals surface area contributed by atoms with Gasteiger partial charge in [0, 0.05) is 11.6 Å². The molecule has 0 aliphatic rings. The first-order chi connectivity index (χ1) is 12.0. The number of H-pyrrole nitrogens is 1. The number of pyridine rings is 1. The highest BCUT2D eigenvalue weighted by atomic mass is 35.5. The summed E-state index contributed by atoms with van der Waals surface area (Å²) < 4.78 is 5.91. The lowest BCUT2D eigenvalue weighted by molar-refractivity contribution is 0.387. The zero-order valence-corrected chi connectivity index (χ0v) is 13.6. The third-order valence-electron chi connectivity index (χ3n) is 3.23. The fourth-order valence-electron chi connectivity index (χ4n) is 2.26. The minimum atomic E-state index is -0.732. The average molecular weight is 374 g/mol. The van der Waals surface area contributed by atoms with Crippen molar-refractivity contribution in [3.8, 4) is 35.4 Å². The number of nitrogens with one attached hydrogen (secondary N) is 1. The number of aromatic amines is 1. The first-order valence-corrected chi connectivity index (χ1v) is 7.42. The lowest BCUT2D eigenvalue weighted by atomic mass is 10.1. The zero-order chi connectivity index (χ0) is 17.6. The summed E-state index contributed by atoms with van der Waals surface area (Å²) in [7, 11) is 0. The molecule has 0 atom stereocenters. The molecular weight excluding hydrogens is 369 g/mol. The molecule has 0 unspecified atom stereocenters. The van der Waals surface area contributed by atoms with Crippen LogP contribution in [0.4, 0.5) is 0 Å². The summed E-state index contributed by atoms with van der Waals surface area (Å²) in [5, 5.41) is 3.94. The van der Waals surface area contributed by atoms with Gasteiger partial charge in [0.15, 0.2) is 5.65 Å². The van der Waals surface area contributed by atoms with Crippen molar-refractivity contribution in [2.45, 2.75) is 0 Å². The first kappa shape index (κ1) is 15.3. The van der Waals surface area contributed by atoms with Crippen LogP contribution in [-0.2, 0) is 0 Å². The van der Waals surface area contributed by atoms with Crippen molar-refractivity contribution in [3.63, 3.8) is 0 Å². The molecule has 11 heteroatoms. The number of rotatable bonds is 2. The Bertz CT molecular complexity index is 1200. The SMILES string of the molecule is C#Cn1cnc2nc(-c3noc(=O)[nH]3)nc(-c3cc(Cl)nc(Cl)c3)c21. The van der Waals surface area contributed by atoms with Crippen molar-refractivity contribution in [3.05, 3.63) is 39.3 Å². The summed E-state index contributed by atoms with van der Waals surface area (Å²) in [6.45, 7) is 0. The molecular formula is C14H5Cl2N7O2. The molecule has 0 radical (unpaired) electrons. The maximum absolute atomic E-state index is 11.2. The Morgan fingerprint density at radius 3 is 2.60 bits per heavy atom. The van der Waals surface area contributed by atoms with Gasteiger partial charge in [-0.05, 0) is 12.1 Å². The van der Waals surface area contributed by atoms with Crippen molar-refractivity contribution in [1.82, 2.24) is 34.6 Å². The second-order valence-electron chi connectivity index (χ2n) is 4.76. The Labute approximate surface area is 148 Å². The molecule has 4 aromatic rings. The van der Waals surface area contributed by atoms with Crippen molar-refractivity contribution in [2.24, 2.45) is 0 Å². The largest absolute Gasteiger partial charge is 0.439 e. The summed E-state index contributed by atoms with van der Waals surface area (Å²) >= 11 is 12.0. The van der Waals surface area contributed by atoms with Gasteiger partial charge in [-0.1, -0.05) is 34.8 Å². The lowest BCUT2D eigenvalue weighted by Gasteiger charge is -2.06. The molecule has 0 saturated carbocycles. The number of halogens is 2. The maximum atomic E-state index is 11.2. The predicted molar refractivity (Wildman–Crippen MR) is 88.9 cm³/mol. The molecule has 0 bridgehead atoms. The second-order valence-corrected chi connectivity index (χ2v) is 5.53. The van der Waals surface area contributed by atoms with E-state index in [4.69, 9.17) is 29.6 Å². The highest BCUT2D eigenvalue weighted by Crippen LogP contribution is 2.30. The number of terminal acetylenes is 1. The van der Waals surface area contributed by atoms with Gasteiger partial charge >= 0.3 is 5.76 Å². The summed E-state index contributed by atoms with van der Waals surface area (Å²) in [5.41, 5.74) is 1.70. The third kappa shape index (κ3) is 2.63. The van der Waals surface area contributed by atoms with Gasteiger partial charge in [0.05, 0.1) is 0 Å². The van der Waals surface area contributed by atoms with Crippen LogP contribution in [0.25, 0.3) is 34.1 Å². The molecule has 25 heavy (non-hydrogen) atoms. The van der Waals surface area contributed by atoms with E-state index in [-0.39, 0.29) is 22.0 Å². The Hall–Kier alpha value is -3.22. The van der Waals surface area contributed by atoms with Gasteiger partial charge in [-0.3, -0.25) is 14.1 Å². The fraction of sp³-hybridized carbons (Fsp3) is 0. The molecule has 0 aliphatic heterocycles. The van der Waals surface area contributed by atoms with Crippen molar-refractivity contribution < 1.29 is 4.52 Å². The van der Waals surface area contributed by atoms with Crippen molar-refractivity contribution >= 4 is 34.4 Å². The Morgan fingerprint density at radius 2 is 1.96 bits per heavy atom. The van der Waals surface area contributed by atoms with Gasteiger partial charge in [0.1, 0.15) is 27.8 Å². The van der Waals surface area contributed by atoms with Crippen molar-refractivity contribution in [1.29, 1.82) is 0 Å². The van der Waals surface area contributed by atoms with Crippen LogP contribution < -0.4 is 5.76 Å². The maximum Gasteiger partial charge on any atom is 0.439 e. The number of hydrogen-bond acceptors (Lipinski definition) is 7. The summed E-state index contributed by atoms with van der Waals surface area (Å²) in [5.74, 6) is -0.585. The smallest absolute Gasteiger partial charge is 0.295 e. The summed E-state index contributed by atoms with van der Waals surface area (Å²) in [6, 6.07) is 5.59. The molecule has 4 aromatic heterocycles. The van der Waals surface area contributed by atoms with E-state index in [9.17, 15) is 4.79 Å². The Kier molecular flexibility index (Phi) is 3.49. The van der Waals surface area contributed by atoms with Crippen LogP contribution in [0, 0.1) is 12.5 Å². The normalized spacial score (nSPS) is 10.9. The van der Waals surface area contributed by atoms with Gasteiger partial charge in [-0.25, -0.2) is 24.7 Å². The van der Waals surface area contributed by atoms with E-state index in [1.54, 1.807) is 12.1 Å². The van der Waals surface area contributed by atoms with Gasteiger partial charge in [0.25, 0.3) is 0 Å². The topological polar surface area (TPSA) is 115 Å². The zero-order valence-electron chi connectivity index (χ0n) is 12.1. The van der Waals surface area contributed by atoms with Crippen LogP contribution in [0.5, 0.6) is 0 Å². The van der Waals surface area contributed by atoms with Crippen LogP contribution in [-0.4, -0.2) is 34.6 Å². The number of fused-ring (bicyclic) bond motifs is 1. The third-order valence-corrected chi connectivity index (χ3v) is 3.62. The monoisotopic (exact) mass is 373 g/mol. The van der Waals surface area contributed by atoms with E-state index in [2.05, 4.69) is 40.6 Å². The molecule has 4 heterocycles. The van der Waals surface area contributed by atoms with Gasteiger partial charge in [-0.2, -0.15) is 0 Å². The van der Waals surface area contributed by atoms with E-state index in [0.29, 0.717) is 22.4 Å². The molecule has 0 saturated heterocycles. The van der Waals surface area contributed by atoms with E-state index in [1.807, 2.05) is 0 Å². The molecule has 0 fully saturated rings. The molecule has 4 rings (SSSR count). The summed E-state index contributed by atoms with van der Waals surface area (Å²) in [4.78, 5) is 30.3. The van der Waals surface area contributed by atoms with Crippen LogP contribution in [0.1, 0.15) is 0 Å². The Morgan fingerprint density at radius 1 is 1.20 bits per heavy atom. The van der Waals surface area contributed by atoms with Crippen LogP contribution in [0.3, 0.4) is 0 Å². The molecule has 0 aliphatic carbocycles. The quantitative estimate of drug-likeness (QED) is 0.421. The predicted octanol–water partition coefficient (Wildman–Crippen LogP) is 1.98. The van der Waals surface area contributed by atoms with E-state index >= 15 is 0 Å². The molecule has 0 spiro atoms. The standard InChI is InChI=1S/C14H5Cl2N7O2/c1-2-23-5-17-11-10(23)9(6-3-7(15)18-8(16)4-6)19-12(20-11)13-21-14(24)25-22-13/h1,3-5H,(H,21,22,24). The van der Waals surface area contributed by atoms with Gasteiger partial charge < -0.3 is 0 Å². The molecule has 1 N–H and O–H groups in total. The van der Waals surface area contributed by atoms with E-state index < -0.39 is 5.76 Å². The van der Waals surface area contributed by atoms with Crippen LogP contribution in [0.15, 0.2) is 27.8 Å². The lowest BCUT2D eigenvalue weighted by Crippen LogP contribution is -2.00. The highest BCUT2D eigenvalue weighted by Gasteiger charge is 2.18. The van der Waals surface area contributed by atoms with Crippen LogP contribution in [0.2, 0.25) is 10.3 Å². The Balaban J connectivity index is 2.07. The van der Waals surface area contributed by atoms with Gasteiger partial charge in [-0.15, -0.1) is 0 Å². The number of imidazole rings is 1. The molecule has 9 nitrogen and oxygen atoms in total. The minimum Gasteiger partial charge on any atom is -0.295 e. The highest BCUT2D eigenvalue weighted by molar-refractivity contribution is 6.32.